The molecular formula is C30H32FNO8. The minimum atomic E-state index is -1.42. The van der Waals surface area contributed by atoms with Gasteiger partial charge in [-0.3, -0.25) is 4.79 Å². The highest BCUT2D eigenvalue weighted by Crippen LogP contribution is 2.40. The van der Waals surface area contributed by atoms with Crippen LogP contribution < -0.4 is 23.8 Å². The molecular weight excluding hydrogens is 521 g/mol. The summed E-state index contributed by atoms with van der Waals surface area (Å²) in [6.07, 6.45) is 0.645. The Morgan fingerprint density at radius 3 is 2.30 bits per heavy atom. The summed E-state index contributed by atoms with van der Waals surface area (Å²) in [5.41, 5.74) is 1.15. The van der Waals surface area contributed by atoms with E-state index in [4.69, 9.17) is 23.7 Å². The van der Waals surface area contributed by atoms with Crippen LogP contribution in [0.4, 0.5) is 10.1 Å². The van der Waals surface area contributed by atoms with Crippen molar-refractivity contribution < 1.29 is 42.8 Å². The molecule has 0 aromatic heterocycles. The number of para-hydroxylation sites is 1. The standard InChI is InChI=1S/C30H32FNO8/c1-6-40-28(34)15-14-27(33)32(18-19-10-12-21(36-2)17-26(19)38-4)24-13-11-20(31)16-23(24)29(35)22-8-7-9-25(37-3)30(22)39-5/h7-17,29,35H,6,18H2,1-5H3/b15-14+. The Labute approximate surface area is 232 Å². The lowest BCUT2D eigenvalue weighted by atomic mass is 9.97. The molecule has 0 heterocycles. The van der Waals surface area contributed by atoms with Crippen LogP contribution in [0.2, 0.25) is 0 Å². The van der Waals surface area contributed by atoms with Gasteiger partial charge in [0.25, 0.3) is 5.91 Å². The molecule has 1 amide bonds. The van der Waals surface area contributed by atoms with Crippen molar-refractivity contribution in [1.29, 1.82) is 0 Å². The summed E-state index contributed by atoms with van der Waals surface area (Å²) in [6.45, 7) is 1.73. The van der Waals surface area contributed by atoms with Crippen LogP contribution in [0, 0.1) is 5.82 Å². The van der Waals surface area contributed by atoms with E-state index in [2.05, 4.69) is 0 Å². The van der Waals surface area contributed by atoms with Gasteiger partial charge in [0.2, 0.25) is 0 Å². The van der Waals surface area contributed by atoms with Gasteiger partial charge in [-0.2, -0.15) is 0 Å². The Morgan fingerprint density at radius 1 is 0.900 bits per heavy atom. The number of ether oxygens (including phenoxy) is 5. The summed E-state index contributed by atoms with van der Waals surface area (Å²) in [7, 11) is 5.88. The first-order chi connectivity index (χ1) is 19.3. The van der Waals surface area contributed by atoms with Gasteiger partial charge in [0.05, 0.1) is 47.3 Å². The molecule has 1 atom stereocenters. The van der Waals surface area contributed by atoms with Gasteiger partial charge in [-0.05, 0) is 43.3 Å². The number of rotatable bonds is 12. The summed E-state index contributed by atoms with van der Waals surface area (Å²) < 4.78 is 41.1. The van der Waals surface area contributed by atoms with Gasteiger partial charge in [0.1, 0.15) is 23.4 Å². The molecule has 0 bridgehead atoms. The Morgan fingerprint density at radius 2 is 1.65 bits per heavy atom. The van der Waals surface area contributed by atoms with Gasteiger partial charge >= 0.3 is 5.97 Å². The Hall–Kier alpha value is -4.57. The Balaban J connectivity index is 2.17. The monoisotopic (exact) mass is 553 g/mol. The van der Waals surface area contributed by atoms with E-state index in [1.807, 2.05) is 0 Å². The maximum absolute atomic E-state index is 14.6. The molecule has 0 spiro atoms. The highest BCUT2D eigenvalue weighted by molar-refractivity contribution is 6.04. The van der Waals surface area contributed by atoms with E-state index in [1.54, 1.807) is 43.3 Å². The largest absolute Gasteiger partial charge is 0.497 e. The number of aliphatic hydroxyl groups is 1. The second-order valence-electron chi connectivity index (χ2n) is 8.38. The fraction of sp³-hybridized carbons (Fsp3) is 0.267. The van der Waals surface area contributed by atoms with Crippen molar-refractivity contribution in [2.75, 3.05) is 39.9 Å². The molecule has 0 radical (unpaired) electrons. The molecule has 0 saturated carbocycles. The van der Waals surface area contributed by atoms with Crippen LogP contribution in [-0.4, -0.2) is 52.0 Å². The first-order valence-electron chi connectivity index (χ1n) is 12.3. The first-order valence-corrected chi connectivity index (χ1v) is 12.3. The maximum atomic E-state index is 14.6. The number of aliphatic hydroxyl groups excluding tert-OH is 1. The van der Waals surface area contributed by atoms with Gasteiger partial charge < -0.3 is 33.7 Å². The van der Waals surface area contributed by atoms with E-state index in [1.165, 1.54) is 45.5 Å². The smallest absolute Gasteiger partial charge is 0.330 e. The van der Waals surface area contributed by atoms with E-state index < -0.39 is 23.8 Å². The number of benzene rings is 3. The molecule has 212 valence electrons. The van der Waals surface area contributed by atoms with Crippen molar-refractivity contribution in [3.8, 4) is 23.0 Å². The number of halogens is 1. The van der Waals surface area contributed by atoms with E-state index in [9.17, 15) is 19.1 Å². The molecule has 0 aliphatic heterocycles. The molecule has 0 aliphatic rings. The summed E-state index contributed by atoms with van der Waals surface area (Å²) in [5, 5.41) is 11.5. The molecule has 9 nitrogen and oxygen atoms in total. The van der Waals surface area contributed by atoms with E-state index in [-0.39, 0.29) is 30.2 Å². The number of hydrogen-bond donors (Lipinski definition) is 1. The van der Waals surface area contributed by atoms with E-state index >= 15 is 0 Å². The number of methoxy groups -OCH3 is 4. The summed E-state index contributed by atoms with van der Waals surface area (Å²) in [4.78, 5) is 26.8. The molecule has 0 fully saturated rings. The molecule has 0 saturated heterocycles. The number of carbonyl (C=O) groups excluding carboxylic acids is 2. The predicted octanol–water partition coefficient (Wildman–Crippen LogP) is 4.59. The fourth-order valence-corrected chi connectivity index (χ4v) is 4.14. The fourth-order valence-electron chi connectivity index (χ4n) is 4.14. The van der Waals surface area contributed by atoms with Crippen molar-refractivity contribution in [3.63, 3.8) is 0 Å². The van der Waals surface area contributed by atoms with Crippen LogP contribution >= 0.6 is 0 Å². The summed E-state index contributed by atoms with van der Waals surface area (Å²) in [6, 6.07) is 13.7. The number of carbonyl (C=O) groups is 2. The van der Waals surface area contributed by atoms with Gasteiger partial charge in [-0.15, -0.1) is 0 Å². The van der Waals surface area contributed by atoms with Gasteiger partial charge in [-0.1, -0.05) is 12.1 Å². The number of esters is 1. The van der Waals surface area contributed by atoms with Crippen LogP contribution in [0.15, 0.2) is 66.7 Å². The highest BCUT2D eigenvalue weighted by atomic mass is 19.1. The second kappa shape index (κ2) is 14.0. The average Bonchev–Trinajstić information content (AvgIpc) is 2.98. The summed E-state index contributed by atoms with van der Waals surface area (Å²) >= 11 is 0. The topological polar surface area (TPSA) is 104 Å². The Bertz CT molecular complexity index is 1370. The highest BCUT2D eigenvalue weighted by Gasteiger charge is 2.27. The van der Waals surface area contributed by atoms with Gasteiger partial charge in [-0.25, -0.2) is 9.18 Å². The molecule has 1 N–H and O–H groups in total. The number of amides is 1. The lowest BCUT2D eigenvalue weighted by Crippen LogP contribution is -2.30. The van der Waals surface area contributed by atoms with Gasteiger partial charge in [0.15, 0.2) is 11.5 Å². The molecule has 3 rings (SSSR count). The number of anilines is 1. The van der Waals surface area contributed by atoms with Crippen LogP contribution in [-0.2, 0) is 20.9 Å². The van der Waals surface area contributed by atoms with Crippen molar-refractivity contribution in [2.24, 2.45) is 0 Å². The Kier molecular flexibility index (Phi) is 10.5. The van der Waals surface area contributed by atoms with Crippen molar-refractivity contribution in [2.45, 2.75) is 19.6 Å². The average molecular weight is 554 g/mol. The third kappa shape index (κ3) is 6.89. The maximum Gasteiger partial charge on any atom is 0.330 e. The minimum Gasteiger partial charge on any atom is -0.497 e. The SMILES string of the molecule is CCOC(=O)/C=C/C(=O)N(Cc1ccc(OC)cc1OC)c1ccc(F)cc1C(O)c1cccc(OC)c1OC. The van der Waals surface area contributed by atoms with Crippen molar-refractivity contribution in [3.05, 3.63) is 89.3 Å². The molecule has 1 unspecified atom stereocenters. The van der Waals surface area contributed by atoms with Crippen molar-refractivity contribution >= 4 is 17.6 Å². The first kappa shape index (κ1) is 30.0. The predicted molar refractivity (Wildman–Crippen MR) is 147 cm³/mol. The number of hydrogen-bond acceptors (Lipinski definition) is 8. The minimum absolute atomic E-state index is 0.0558. The molecule has 10 heteroatoms. The molecule has 3 aromatic carbocycles. The zero-order valence-corrected chi connectivity index (χ0v) is 23.0. The zero-order chi connectivity index (χ0) is 29.2. The summed E-state index contributed by atoms with van der Waals surface area (Å²) in [5.74, 6) is -0.346. The lowest BCUT2D eigenvalue weighted by Gasteiger charge is -2.27. The van der Waals surface area contributed by atoms with Crippen LogP contribution in [0.25, 0.3) is 0 Å². The van der Waals surface area contributed by atoms with E-state index in [0.717, 1.165) is 18.2 Å². The second-order valence-corrected chi connectivity index (χ2v) is 8.38. The third-order valence-electron chi connectivity index (χ3n) is 6.04. The molecule has 3 aromatic rings. The molecule has 40 heavy (non-hydrogen) atoms. The van der Waals surface area contributed by atoms with Crippen LogP contribution in [0.5, 0.6) is 23.0 Å². The number of nitrogens with zero attached hydrogens (tertiary/aromatic N) is 1. The quantitative estimate of drug-likeness (QED) is 0.257. The molecule has 0 aliphatic carbocycles. The zero-order valence-electron chi connectivity index (χ0n) is 23.0. The van der Waals surface area contributed by atoms with Gasteiger partial charge in [0, 0.05) is 34.9 Å². The van der Waals surface area contributed by atoms with Crippen molar-refractivity contribution in [1.82, 2.24) is 0 Å². The van der Waals surface area contributed by atoms with Crippen LogP contribution in [0.1, 0.15) is 29.7 Å². The third-order valence-corrected chi connectivity index (χ3v) is 6.04. The lowest BCUT2D eigenvalue weighted by molar-refractivity contribution is -0.137. The van der Waals surface area contributed by atoms with E-state index in [0.29, 0.717) is 28.4 Å². The normalized spacial score (nSPS) is 11.6. The van der Waals surface area contributed by atoms with Crippen LogP contribution in [0.3, 0.4) is 0 Å².